The van der Waals surface area contributed by atoms with Gasteiger partial charge < -0.3 is 10.2 Å². The zero-order valence-electron chi connectivity index (χ0n) is 17.4. The molecule has 1 aliphatic heterocycles. The normalized spacial score (nSPS) is 16.4. The number of hydrogen-bond donors (Lipinski definition) is 2. The van der Waals surface area contributed by atoms with Gasteiger partial charge in [-0.2, -0.15) is 0 Å². The zero-order chi connectivity index (χ0) is 22.8. The Morgan fingerprint density at radius 3 is 2.58 bits per heavy atom. The second-order valence-electron chi connectivity index (χ2n) is 7.22. The van der Waals surface area contributed by atoms with Crippen molar-refractivity contribution in [2.75, 3.05) is 23.5 Å². The van der Waals surface area contributed by atoms with E-state index in [1.807, 2.05) is 26.0 Å². The van der Waals surface area contributed by atoms with Gasteiger partial charge in [-0.3, -0.25) is 9.59 Å². The van der Waals surface area contributed by atoms with E-state index >= 15 is 0 Å². The molecule has 10 heteroatoms. The minimum atomic E-state index is -3.86. The van der Waals surface area contributed by atoms with Gasteiger partial charge in [0.15, 0.2) is 0 Å². The Labute approximate surface area is 185 Å². The van der Waals surface area contributed by atoms with Gasteiger partial charge in [0.25, 0.3) is 5.91 Å². The van der Waals surface area contributed by atoms with Crippen LogP contribution in [0.5, 0.6) is 0 Å². The molecule has 3 rings (SSSR count). The molecule has 1 saturated heterocycles. The third-order valence-corrected chi connectivity index (χ3v) is 7.59. The van der Waals surface area contributed by atoms with E-state index in [9.17, 15) is 22.4 Å². The van der Waals surface area contributed by atoms with Crippen LogP contribution in [0.4, 0.5) is 10.1 Å². The standard InChI is InChI=1S/C21H24FN3O4S2/c1-4-23-31(28,29)16-7-8-18(22)17(10-16)21(27)25-12-30-11-19(25)20(26)24-15-6-5-13(2)14(3)9-15/h5-10,19,23H,4,11-12H2,1-3H3,(H,24,26). The Balaban J connectivity index is 1.84. The number of anilines is 1. The van der Waals surface area contributed by atoms with Crippen molar-refractivity contribution < 1.29 is 22.4 Å². The maximum absolute atomic E-state index is 14.4. The molecule has 1 heterocycles. The summed E-state index contributed by atoms with van der Waals surface area (Å²) in [6.45, 7) is 5.68. The second-order valence-corrected chi connectivity index (χ2v) is 9.99. The van der Waals surface area contributed by atoms with Crippen molar-refractivity contribution in [3.63, 3.8) is 0 Å². The number of nitrogens with one attached hydrogen (secondary N) is 2. The number of sulfonamides is 1. The summed E-state index contributed by atoms with van der Waals surface area (Å²) < 4.78 is 41.2. The summed E-state index contributed by atoms with van der Waals surface area (Å²) in [5.41, 5.74) is 2.34. The maximum Gasteiger partial charge on any atom is 0.258 e. The van der Waals surface area contributed by atoms with E-state index in [-0.39, 0.29) is 28.8 Å². The van der Waals surface area contributed by atoms with Crippen molar-refractivity contribution >= 4 is 39.3 Å². The number of thioether (sulfide) groups is 1. The Bertz CT molecular complexity index is 1120. The highest BCUT2D eigenvalue weighted by Gasteiger charge is 2.36. The van der Waals surface area contributed by atoms with Crippen LogP contribution in [-0.4, -0.2) is 49.3 Å². The fourth-order valence-electron chi connectivity index (χ4n) is 3.17. The van der Waals surface area contributed by atoms with Gasteiger partial charge in [0.05, 0.1) is 16.3 Å². The number of rotatable bonds is 6. The molecule has 1 unspecified atom stereocenters. The van der Waals surface area contributed by atoms with Crippen LogP contribution in [0.1, 0.15) is 28.4 Å². The minimum Gasteiger partial charge on any atom is -0.324 e. The lowest BCUT2D eigenvalue weighted by atomic mass is 10.1. The molecule has 1 fully saturated rings. The van der Waals surface area contributed by atoms with E-state index in [0.29, 0.717) is 11.4 Å². The van der Waals surface area contributed by atoms with Crippen LogP contribution in [0.2, 0.25) is 0 Å². The van der Waals surface area contributed by atoms with Gasteiger partial charge in [0.1, 0.15) is 11.9 Å². The first-order valence-corrected chi connectivity index (χ1v) is 12.3. The van der Waals surface area contributed by atoms with E-state index < -0.39 is 27.8 Å². The second kappa shape index (κ2) is 9.37. The molecule has 1 aliphatic rings. The van der Waals surface area contributed by atoms with Gasteiger partial charge in [0.2, 0.25) is 15.9 Å². The first kappa shape index (κ1) is 23.2. The van der Waals surface area contributed by atoms with Crippen LogP contribution in [0.25, 0.3) is 0 Å². The van der Waals surface area contributed by atoms with E-state index in [2.05, 4.69) is 10.0 Å². The first-order chi connectivity index (χ1) is 14.6. The topological polar surface area (TPSA) is 95.6 Å². The largest absolute Gasteiger partial charge is 0.324 e. The third kappa shape index (κ3) is 5.08. The number of hydrogen-bond acceptors (Lipinski definition) is 5. The highest BCUT2D eigenvalue weighted by molar-refractivity contribution is 7.99. The van der Waals surface area contributed by atoms with Crippen LogP contribution in [0, 0.1) is 19.7 Å². The number of amides is 2. The van der Waals surface area contributed by atoms with Gasteiger partial charge in [-0.25, -0.2) is 17.5 Å². The van der Waals surface area contributed by atoms with E-state index in [1.165, 1.54) is 16.7 Å². The van der Waals surface area contributed by atoms with Crippen molar-refractivity contribution in [2.24, 2.45) is 0 Å². The lowest BCUT2D eigenvalue weighted by molar-refractivity contribution is -0.119. The summed E-state index contributed by atoms with van der Waals surface area (Å²) in [4.78, 5) is 26.9. The number of carbonyl (C=O) groups is 2. The molecule has 0 aromatic heterocycles. The predicted octanol–water partition coefficient (Wildman–Crippen LogP) is 2.89. The van der Waals surface area contributed by atoms with Crippen molar-refractivity contribution in [3.05, 3.63) is 58.9 Å². The smallest absolute Gasteiger partial charge is 0.258 e. The summed E-state index contributed by atoms with van der Waals surface area (Å²) >= 11 is 1.37. The zero-order valence-corrected chi connectivity index (χ0v) is 19.1. The molecule has 0 radical (unpaired) electrons. The molecule has 0 spiro atoms. The highest BCUT2D eigenvalue weighted by Crippen LogP contribution is 2.26. The summed E-state index contributed by atoms with van der Waals surface area (Å²) in [6.07, 6.45) is 0. The summed E-state index contributed by atoms with van der Waals surface area (Å²) in [6, 6.07) is 7.78. The molecule has 7 nitrogen and oxygen atoms in total. The average molecular weight is 466 g/mol. The Hall–Kier alpha value is -2.43. The molecule has 31 heavy (non-hydrogen) atoms. The van der Waals surface area contributed by atoms with Crippen LogP contribution >= 0.6 is 11.8 Å². The number of benzene rings is 2. The summed E-state index contributed by atoms with van der Waals surface area (Å²) in [7, 11) is -3.86. The molecule has 0 aliphatic carbocycles. The average Bonchev–Trinajstić information content (AvgIpc) is 3.20. The lowest BCUT2D eigenvalue weighted by Crippen LogP contribution is -2.44. The van der Waals surface area contributed by atoms with Crippen LogP contribution < -0.4 is 10.0 Å². The quantitative estimate of drug-likeness (QED) is 0.684. The summed E-state index contributed by atoms with van der Waals surface area (Å²) in [5.74, 6) is -1.38. The first-order valence-electron chi connectivity index (χ1n) is 9.70. The Morgan fingerprint density at radius 1 is 1.16 bits per heavy atom. The number of aryl methyl sites for hydroxylation is 2. The molecule has 0 saturated carbocycles. The number of carbonyl (C=O) groups excluding carboxylic acids is 2. The molecule has 2 aromatic rings. The van der Waals surface area contributed by atoms with Gasteiger partial charge in [-0.05, 0) is 55.3 Å². The van der Waals surface area contributed by atoms with Crippen molar-refractivity contribution in [3.8, 4) is 0 Å². The predicted molar refractivity (Wildman–Crippen MR) is 119 cm³/mol. The van der Waals surface area contributed by atoms with Crippen LogP contribution in [-0.2, 0) is 14.8 Å². The maximum atomic E-state index is 14.4. The number of nitrogens with zero attached hydrogens (tertiary/aromatic N) is 1. The molecule has 2 N–H and O–H groups in total. The molecule has 2 aromatic carbocycles. The van der Waals surface area contributed by atoms with Gasteiger partial charge in [-0.15, -0.1) is 11.8 Å². The van der Waals surface area contributed by atoms with Crippen LogP contribution in [0.3, 0.4) is 0 Å². The summed E-state index contributed by atoms with van der Waals surface area (Å²) in [5, 5.41) is 2.81. The van der Waals surface area contributed by atoms with E-state index in [1.54, 1.807) is 13.0 Å². The highest BCUT2D eigenvalue weighted by atomic mass is 32.2. The van der Waals surface area contributed by atoms with E-state index in [0.717, 1.165) is 29.3 Å². The molecular weight excluding hydrogens is 441 g/mol. The molecule has 1 atom stereocenters. The molecule has 0 bridgehead atoms. The molecule has 2 amide bonds. The molecular formula is C21H24FN3O4S2. The Kier molecular flexibility index (Phi) is 7.03. The van der Waals surface area contributed by atoms with Crippen LogP contribution in [0.15, 0.2) is 41.3 Å². The molecule has 166 valence electrons. The Morgan fingerprint density at radius 2 is 1.90 bits per heavy atom. The lowest BCUT2D eigenvalue weighted by Gasteiger charge is -2.23. The third-order valence-electron chi connectivity index (χ3n) is 5.03. The van der Waals surface area contributed by atoms with Gasteiger partial charge >= 0.3 is 0 Å². The van der Waals surface area contributed by atoms with E-state index in [4.69, 9.17) is 0 Å². The fraction of sp³-hybridized carbons (Fsp3) is 0.333. The van der Waals surface area contributed by atoms with Crippen molar-refractivity contribution in [1.29, 1.82) is 0 Å². The van der Waals surface area contributed by atoms with Gasteiger partial charge in [0, 0.05) is 18.0 Å². The monoisotopic (exact) mass is 465 g/mol. The SMILES string of the molecule is CCNS(=O)(=O)c1ccc(F)c(C(=O)N2CSCC2C(=O)Nc2ccc(C)c(C)c2)c1. The minimum absolute atomic E-state index is 0.159. The van der Waals surface area contributed by atoms with Crippen molar-refractivity contribution in [2.45, 2.75) is 31.7 Å². The van der Waals surface area contributed by atoms with Gasteiger partial charge in [-0.1, -0.05) is 13.0 Å². The fourth-order valence-corrected chi connectivity index (χ4v) is 5.39. The number of halogens is 1. The van der Waals surface area contributed by atoms with Crippen molar-refractivity contribution in [1.82, 2.24) is 9.62 Å².